The minimum absolute atomic E-state index is 0.0628. The Balaban J connectivity index is 1.94. The molecule has 6 heteroatoms. The summed E-state index contributed by atoms with van der Waals surface area (Å²) in [5.74, 6) is -3.48. The molecule has 2 atom stereocenters. The van der Waals surface area contributed by atoms with E-state index in [9.17, 15) is 19.1 Å². The predicted octanol–water partition coefficient (Wildman–Crippen LogP) is 6.03. The van der Waals surface area contributed by atoms with Crippen molar-refractivity contribution < 1.29 is 23.5 Å². The molecule has 3 rings (SSSR count). The topological polar surface area (TPSA) is 66.4 Å². The number of carboxylic acids is 1. The number of carboxylic acid groups (broad SMARTS) is 1. The van der Waals surface area contributed by atoms with Crippen molar-refractivity contribution in [3.63, 3.8) is 0 Å². The van der Waals surface area contributed by atoms with Crippen LogP contribution in [0.5, 0.6) is 0 Å². The first kappa shape index (κ1) is 24.4. The van der Waals surface area contributed by atoms with Crippen molar-refractivity contribution in [3.8, 4) is 0 Å². The van der Waals surface area contributed by atoms with Crippen LogP contribution in [0.3, 0.4) is 0 Å². The van der Waals surface area contributed by atoms with Gasteiger partial charge < -0.3 is 10.4 Å². The van der Waals surface area contributed by atoms with E-state index in [2.05, 4.69) is 5.32 Å². The monoisotopic (exact) mass is 453 g/mol. The van der Waals surface area contributed by atoms with E-state index in [1.165, 1.54) is 30.3 Å². The Morgan fingerprint density at radius 3 is 2.27 bits per heavy atom. The minimum Gasteiger partial charge on any atom is -0.478 e. The number of amides is 1. The molecule has 0 heterocycles. The van der Waals surface area contributed by atoms with Crippen LogP contribution in [0.15, 0.2) is 77.6 Å². The van der Waals surface area contributed by atoms with Gasteiger partial charge in [0.1, 0.15) is 11.6 Å². The number of aliphatic carboxylic acids is 1. The van der Waals surface area contributed by atoms with Crippen LogP contribution >= 0.6 is 0 Å². The SMILES string of the molecule is CCCC(C1=C(F)C(C)(C)C(CNC(=O)c2ccc(F)cc2)C(C(=O)O)=C1)c1ccccc1. The standard InChI is InChI=1S/C27H29F2NO3/c1-4-8-20(17-9-6-5-7-10-17)21-15-22(26(32)33)23(27(2,3)24(21)29)16-30-25(31)18-11-13-19(28)14-12-18/h5-7,9-15,20,23H,4,8,16H2,1-3H3,(H,30,31)(H,32,33). The highest BCUT2D eigenvalue weighted by molar-refractivity contribution is 5.94. The second kappa shape index (κ2) is 10.1. The van der Waals surface area contributed by atoms with Crippen LogP contribution in [0.2, 0.25) is 0 Å². The first-order chi connectivity index (χ1) is 15.7. The number of rotatable bonds is 8. The Morgan fingerprint density at radius 1 is 1.06 bits per heavy atom. The predicted molar refractivity (Wildman–Crippen MR) is 124 cm³/mol. The fourth-order valence-corrected chi connectivity index (χ4v) is 4.45. The van der Waals surface area contributed by atoms with Gasteiger partial charge in [0.15, 0.2) is 0 Å². The summed E-state index contributed by atoms with van der Waals surface area (Å²) in [5.41, 5.74) is 0.479. The average molecular weight is 454 g/mol. The molecule has 0 spiro atoms. The van der Waals surface area contributed by atoms with Gasteiger partial charge in [0.05, 0.1) is 0 Å². The fraction of sp³-hybridized carbons (Fsp3) is 0.333. The quantitative estimate of drug-likeness (QED) is 0.513. The first-order valence-electron chi connectivity index (χ1n) is 11.1. The molecule has 1 aliphatic carbocycles. The first-order valence-corrected chi connectivity index (χ1v) is 11.1. The molecule has 33 heavy (non-hydrogen) atoms. The summed E-state index contributed by atoms with van der Waals surface area (Å²) in [4.78, 5) is 24.7. The molecule has 0 bridgehead atoms. The lowest BCUT2D eigenvalue weighted by Gasteiger charge is -2.39. The minimum atomic E-state index is -1.14. The van der Waals surface area contributed by atoms with E-state index in [4.69, 9.17) is 0 Å². The third-order valence-corrected chi connectivity index (χ3v) is 6.35. The van der Waals surface area contributed by atoms with Gasteiger partial charge >= 0.3 is 5.97 Å². The van der Waals surface area contributed by atoms with Gasteiger partial charge in [-0.15, -0.1) is 0 Å². The summed E-state index contributed by atoms with van der Waals surface area (Å²) in [7, 11) is 0. The number of benzene rings is 2. The zero-order valence-electron chi connectivity index (χ0n) is 19.1. The molecule has 2 aromatic carbocycles. The van der Waals surface area contributed by atoms with Crippen molar-refractivity contribution in [3.05, 3.63) is 94.6 Å². The van der Waals surface area contributed by atoms with Crippen LogP contribution in [0.4, 0.5) is 8.78 Å². The maximum Gasteiger partial charge on any atom is 0.331 e. The Bertz CT molecular complexity index is 1070. The van der Waals surface area contributed by atoms with Gasteiger partial charge in [0, 0.05) is 34.9 Å². The number of carbonyl (C=O) groups is 2. The van der Waals surface area contributed by atoms with Gasteiger partial charge in [0.2, 0.25) is 0 Å². The number of hydrogen-bond acceptors (Lipinski definition) is 2. The summed E-state index contributed by atoms with van der Waals surface area (Å²) in [6.45, 7) is 5.28. The van der Waals surface area contributed by atoms with E-state index in [1.54, 1.807) is 13.8 Å². The maximum absolute atomic E-state index is 16.0. The highest BCUT2D eigenvalue weighted by atomic mass is 19.1. The molecule has 2 N–H and O–H groups in total. The maximum atomic E-state index is 16.0. The third kappa shape index (κ3) is 5.21. The molecule has 2 unspecified atom stereocenters. The van der Waals surface area contributed by atoms with E-state index in [1.807, 2.05) is 37.3 Å². The smallest absolute Gasteiger partial charge is 0.331 e. The van der Waals surface area contributed by atoms with E-state index in [0.717, 1.165) is 12.0 Å². The lowest BCUT2D eigenvalue weighted by Crippen LogP contribution is -2.41. The third-order valence-electron chi connectivity index (χ3n) is 6.35. The average Bonchev–Trinajstić information content (AvgIpc) is 2.79. The molecule has 0 saturated carbocycles. The lowest BCUT2D eigenvalue weighted by molar-refractivity contribution is -0.133. The van der Waals surface area contributed by atoms with Gasteiger partial charge in [-0.2, -0.15) is 0 Å². The molecule has 0 aromatic heterocycles. The molecule has 174 valence electrons. The van der Waals surface area contributed by atoms with E-state index in [0.29, 0.717) is 12.0 Å². The Hall–Kier alpha value is -3.28. The second-order valence-corrected chi connectivity index (χ2v) is 8.92. The number of allylic oxidation sites excluding steroid dienone is 3. The molecule has 1 amide bonds. The Labute approximate surface area is 193 Å². The Kier molecular flexibility index (Phi) is 7.46. The fourth-order valence-electron chi connectivity index (χ4n) is 4.45. The second-order valence-electron chi connectivity index (χ2n) is 8.92. The van der Waals surface area contributed by atoms with Crippen LogP contribution in [-0.2, 0) is 4.79 Å². The van der Waals surface area contributed by atoms with Crippen LogP contribution in [0.25, 0.3) is 0 Å². The largest absolute Gasteiger partial charge is 0.478 e. The van der Waals surface area contributed by atoms with Crippen LogP contribution < -0.4 is 5.32 Å². The van der Waals surface area contributed by atoms with Gasteiger partial charge in [-0.25, -0.2) is 13.6 Å². The van der Waals surface area contributed by atoms with Crippen molar-refractivity contribution >= 4 is 11.9 Å². The zero-order chi connectivity index (χ0) is 24.2. The summed E-state index contributed by atoms with van der Waals surface area (Å²) in [6.07, 6.45) is 2.94. The molecule has 0 saturated heterocycles. The zero-order valence-corrected chi connectivity index (χ0v) is 19.1. The van der Waals surface area contributed by atoms with Crippen molar-refractivity contribution in [2.45, 2.75) is 39.5 Å². The summed E-state index contributed by atoms with van der Waals surface area (Å²) in [6, 6.07) is 14.6. The highest BCUT2D eigenvalue weighted by Crippen LogP contribution is 2.49. The van der Waals surface area contributed by atoms with Crippen molar-refractivity contribution in [2.75, 3.05) is 6.54 Å². The number of nitrogens with one attached hydrogen (secondary N) is 1. The normalized spacial score (nSPS) is 18.5. The van der Waals surface area contributed by atoms with Crippen molar-refractivity contribution in [1.82, 2.24) is 5.32 Å². The molecule has 4 nitrogen and oxygen atoms in total. The van der Waals surface area contributed by atoms with Crippen LogP contribution in [0, 0.1) is 17.2 Å². The molecule has 0 radical (unpaired) electrons. The molecule has 0 fully saturated rings. The summed E-state index contributed by atoms with van der Waals surface area (Å²) >= 11 is 0. The lowest BCUT2D eigenvalue weighted by atomic mass is 9.66. The van der Waals surface area contributed by atoms with E-state index < -0.39 is 29.0 Å². The number of halogens is 2. The van der Waals surface area contributed by atoms with Gasteiger partial charge in [-0.05, 0) is 47.9 Å². The molecule has 2 aromatic rings. The highest BCUT2D eigenvalue weighted by Gasteiger charge is 2.44. The number of carbonyl (C=O) groups excluding carboxylic acids is 1. The molecular weight excluding hydrogens is 424 g/mol. The van der Waals surface area contributed by atoms with Crippen molar-refractivity contribution in [2.24, 2.45) is 11.3 Å². The van der Waals surface area contributed by atoms with Gasteiger partial charge in [-0.3, -0.25) is 4.79 Å². The van der Waals surface area contributed by atoms with Gasteiger partial charge in [0.25, 0.3) is 5.91 Å². The summed E-state index contributed by atoms with van der Waals surface area (Å²) in [5, 5.41) is 12.7. The van der Waals surface area contributed by atoms with Gasteiger partial charge in [-0.1, -0.05) is 57.5 Å². The van der Waals surface area contributed by atoms with Crippen LogP contribution in [0.1, 0.15) is 55.5 Å². The van der Waals surface area contributed by atoms with E-state index in [-0.39, 0.29) is 29.4 Å². The van der Waals surface area contributed by atoms with Crippen LogP contribution in [-0.4, -0.2) is 23.5 Å². The van der Waals surface area contributed by atoms with Crippen molar-refractivity contribution in [1.29, 1.82) is 0 Å². The summed E-state index contributed by atoms with van der Waals surface area (Å²) < 4.78 is 29.1. The Morgan fingerprint density at radius 2 is 1.70 bits per heavy atom. The van der Waals surface area contributed by atoms with E-state index >= 15 is 4.39 Å². The molecule has 1 aliphatic rings. The molecular formula is C27H29F2NO3. The molecule has 0 aliphatic heterocycles. The number of hydrogen-bond donors (Lipinski definition) is 2.